The molecule has 0 bridgehead atoms. The maximum Gasteiger partial charge on any atom is 0.341 e. The zero-order valence-electron chi connectivity index (χ0n) is 19.5. The second-order valence-electron chi connectivity index (χ2n) is 7.38. The minimum absolute atomic E-state index is 0.175. The molecule has 3 aromatic rings. The molecule has 0 atom stereocenters. The minimum Gasteiger partial charge on any atom is -0.462 e. The average Bonchev–Trinajstić information content (AvgIpc) is 3.52. The molecular formula is C23H30N4O3S3. The second kappa shape index (κ2) is 12.3. The fraction of sp³-hybridized carbons (Fsp3) is 0.478. The Balaban J connectivity index is 1.71. The number of carbonyl (C=O) groups is 2. The van der Waals surface area contributed by atoms with Crippen molar-refractivity contribution in [1.29, 1.82) is 0 Å². The molecule has 0 aliphatic rings. The van der Waals surface area contributed by atoms with Crippen LogP contribution >= 0.6 is 34.4 Å². The molecule has 7 nitrogen and oxygen atoms in total. The van der Waals surface area contributed by atoms with Crippen molar-refractivity contribution in [3.05, 3.63) is 32.8 Å². The van der Waals surface area contributed by atoms with Crippen LogP contribution in [-0.2, 0) is 28.9 Å². The topological polar surface area (TPSA) is 86.1 Å². The number of carbonyl (C=O) groups excluding carboxylic acids is 2. The minimum atomic E-state index is -0.415. The fourth-order valence-electron chi connectivity index (χ4n) is 3.27. The number of anilines is 1. The summed E-state index contributed by atoms with van der Waals surface area (Å²) in [7, 11) is 0. The molecule has 3 aromatic heterocycles. The van der Waals surface area contributed by atoms with Gasteiger partial charge in [0, 0.05) is 27.2 Å². The summed E-state index contributed by atoms with van der Waals surface area (Å²) in [6.07, 6.45) is 3.89. The van der Waals surface area contributed by atoms with Gasteiger partial charge in [-0.2, -0.15) is 0 Å². The van der Waals surface area contributed by atoms with Gasteiger partial charge in [0.2, 0.25) is 5.91 Å². The molecule has 0 unspecified atom stereocenters. The van der Waals surface area contributed by atoms with Crippen LogP contribution in [0, 0.1) is 0 Å². The number of nitrogens with zero attached hydrogens (tertiary/aromatic N) is 3. The summed E-state index contributed by atoms with van der Waals surface area (Å²) in [6, 6.07) is 3.98. The van der Waals surface area contributed by atoms with Crippen LogP contribution in [-0.4, -0.2) is 39.0 Å². The summed E-state index contributed by atoms with van der Waals surface area (Å²) in [6.45, 7) is 9.13. The highest BCUT2D eigenvalue weighted by Gasteiger charge is 2.20. The van der Waals surface area contributed by atoms with E-state index in [1.165, 1.54) is 28.0 Å². The Kier molecular flexibility index (Phi) is 9.52. The fourth-order valence-corrected chi connectivity index (χ4v) is 6.01. The number of ether oxygens (including phenoxy) is 1. The van der Waals surface area contributed by atoms with Gasteiger partial charge < -0.3 is 14.6 Å². The number of hydrogen-bond acceptors (Lipinski definition) is 8. The lowest BCUT2D eigenvalue weighted by Crippen LogP contribution is -2.16. The molecule has 0 spiro atoms. The van der Waals surface area contributed by atoms with Crippen molar-refractivity contribution in [2.24, 2.45) is 0 Å². The van der Waals surface area contributed by atoms with E-state index in [1.54, 1.807) is 24.3 Å². The molecule has 0 aliphatic carbocycles. The molecule has 178 valence electrons. The Morgan fingerprint density at radius 3 is 2.64 bits per heavy atom. The van der Waals surface area contributed by atoms with E-state index in [1.807, 2.05) is 6.92 Å². The zero-order valence-corrected chi connectivity index (χ0v) is 21.9. The molecule has 3 heterocycles. The lowest BCUT2D eigenvalue weighted by molar-refractivity contribution is -0.113. The van der Waals surface area contributed by atoms with E-state index in [4.69, 9.17) is 4.74 Å². The molecule has 0 aliphatic heterocycles. The van der Waals surface area contributed by atoms with Crippen LogP contribution in [0.1, 0.15) is 60.6 Å². The van der Waals surface area contributed by atoms with Crippen LogP contribution in [0.2, 0.25) is 0 Å². The lowest BCUT2D eigenvalue weighted by atomic mass is 10.2. The summed E-state index contributed by atoms with van der Waals surface area (Å²) in [5.41, 5.74) is 1.49. The maximum atomic E-state index is 12.7. The summed E-state index contributed by atoms with van der Waals surface area (Å²) in [5.74, 6) is 0.410. The number of rotatable bonds is 12. The third kappa shape index (κ3) is 6.45. The van der Waals surface area contributed by atoms with Gasteiger partial charge in [0.05, 0.1) is 17.9 Å². The number of hydrogen-bond donors (Lipinski definition) is 1. The van der Waals surface area contributed by atoms with Crippen molar-refractivity contribution in [2.75, 3.05) is 17.7 Å². The number of aryl methyl sites for hydroxylation is 2. The van der Waals surface area contributed by atoms with E-state index in [0.717, 1.165) is 53.6 Å². The molecule has 1 N–H and O–H groups in total. The second-order valence-corrected chi connectivity index (χ2v) is 10.5. The molecule has 0 radical (unpaired) electrons. The number of nitrogens with one attached hydrogen (secondary N) is 1. The van der Waals surface area contributed by atoms with Crippen LogP contribution in [0.25, 0.3) is 11.4 Å². The molecule has 0 saturated carbocycles. The summed E-state index contributed by atoms with van der Waals surface area (Å²) < 4.78 is 7.22. The molecule has 3 rings (SSSR count). The van der Waals surface area contributed by atoms with Crippen LogP contribution in [0.4, 0.5) is 5.00 Å². The normalized spacial score (nSPS) is 11.0. The van der Waals surface area contributed by atoms with Gasteiger partial charge in [-0.15, -0.1) is 32.9 Å². The monoisotopic (exact) mass is 506 g/mol. The molecule has 33 heavy (non-hydrogen) atoms. The van der Waals surface area contributed by atoms with Gasteiger partial charge >= 0.3 is 5.97 Å². The number of aromatic nitrogens is 3. The van der Waals surface area contributed by atoms with Gasteiger partial charge in [0.1, 0.15) is 5.00 Å². The van der Waals surface area contributed by atoms with Crippen molar-refractivity contribution in [3.8, 4) is 11.4 Å². The van der Waals surface area contributed by atoms with E-state index in [0.29, 0.717) is 17.2 Å². The highest BCUT2D eigenvalue weighted by molar-refractivity contribution is 7.99. The highest BCUT2D eigenvalue weighted by atomic mass is 32.2. The Bertz CT molecular complexity index is 1090. The predicted octanol–water partition coefficient (Wildman–Crippen LogP) is 5.90. The van der Waals surface area contributed by atoms with E-state index in [9.17, 15) is 9.59 Å². The lowest BCUT2D eigenvalue weighted by Gasteiger charge is -2.08. The first kappa shape index (κ1) is 25.5. The highest BCUT2D eigenvalue weighted by Crippen LogP contribution is 2.31. The summed E-state index contributed by atoms with van der Waals surface area (Å²) in [4.78, 5) is 27.3. The largest absolute Gasteiger partial charge is 0.462 e. The molecule has 0 saturated heterocycles. The number of esters is 1. The molecule has 0 fully saturated rings. The van der Waals surface area contributed by atoms with E-state index in [2.05, 4.69) is 45.4 Å². The van der Waals surface area contributed by atoms with Crippen molar-refractivity contribution >= 4 is 51.3 Å². The molecule has 0 aromatic carbocycles. The van der Waals surface area contributed by atoms with Crippen LogP contribution < -0.4 is 5.32 Å². The Morgan fingerprint density at radius 1 is 1.12 bits per heavy atom. The smallest absolute Gasteiger partial charge is 0.341 e. The first-order chi connectivity index (χ1) is 16.0. The molecular weight excluding hydrogens is 476 g/mol. The third-order valence-corrected chi connectivity index (χ3v) is 7.94. The van der Waals surface area contributed by atoms with Gasteiger partial charge in [0.25, 0.3) is 0 Å². The Labute approximate surface area is 207 Å². The average molecular weight is 507 g/mol. The van der Waals surface area contributed by atoms with E-state index in [-0.39, 0.29) is 11.7 Å². The van der Waals surface area contributed by atoms with Gasteiger partial charge in [-0.25, -0.2) is 4.79 Å². The zero-order chi connectivity index (χ0) is 23.8. The van der Waals surface area contributed by atoms with Crippen molar-refractivity contribution < 1.29 is 14.3 Å². The number of amides is 1. The van der Waals surface area contributed by atoms with Gasteiger partial charge in [-0.3, -0.25) is 4.79 Å². The van der Waals surface area contributed by atoms with Crippen LogP contribution in [0.5, 0.6) is 0 Å². The number of thioether (sulfide) groups is 1. The van der Waals surface area contributed by atoms with Gasteiger partial charge in [-0.05, 0) is 38.3 Å². The summed E-state index contributed by atoms with van der Waals surface area (Å²) in [5, 5.41) is 15.0. The van der Waals surface area contributed by atoms with Crippen LogP contribution in [0.15, 0.2) is 22.7 Å². The third-order valence-electron chi connectivity index (χ3n) is 4.78. The standard InChI is InChI=1S/C23H30N4O3S3/c1-5-9-17-11-15(13-31-17)20-25-26-23(27(20)10-6-2)32-14-19(28)24-21-18(22(29)30-8-4)12-16(7-3)33-21/h11-13H,5-10,14H2,1-4H3,(H,24,28). The predicted molar refractivity (Wildman–Crippen MR) is 137 cm³/mol. The van der Waals surface area contributed by atoms with Gasteiger partial charge in [0.15, 0.2) is 11.0 Å². The molecule has 1 amide bonds. The van der Waals surface area contributed by atoms with Crippen molar-refractivity contribution in [1.82, 2.24) is 14.8 Å². The summed E-state index contributed by atoms with van der Waals surface area (Å²) >= 11 is 4.51. The number of thiophene rings is 2. The van der Waals surface area contributed by atoms with E-state index < -0.39 is 5.97 Å². The van der Waals surface area contributed by atoms with Crippen molar-refractivity contribution in [2.45, 2.75) is 65.1 Å². The van der Waals surface area contributed by atoms with E-state index >= 15 is 0 Å². The Hall–Kier alpha value is -2.17. The van der Waals surface area contributed by atoms with Gasteiger partial charge in [-0.1, -0.05) is 39.0 Å². The Morgan fingerprint density at radius 2 is 1.94 bits per heavy atom. The SMILES string of the molecule is CCCc1cc(-c2nnc(SCC(=O)Nc3sc(CC)cc3C(=O)OCC)n2CCC)cs1. The van der Waals surface area contributed by atoms with Crippen LogP contribution in [0.3, 0.4) is 0 Å². The maximum absolute atomic E-state index is 12.7. The first-order valence-corrected chi connectivity index (χ1v) is 13.9. The van der Waals surface area contributed by atoms with Crippen molar-refractivity contribution in [3.63, 3.8) is 0 Å². The molecule has 10 heteroatoms. The quantitative estimate of drug-likeness (QED) is 0.243. The first-order valence-electron chi connectivity index (χ1n) is 11.2.